The molecule has 0 bridgehead atoms. The Bertz CT molecular complexity index is 1060. The maximum atomic E-state index is 13.2. The Labute approximate surface area is 188 Å². The Hall–Kier alpha value is -2.87. The van der Waals surface area contributed by atoms with Crippen LogP contribution in [0.1, 0.15) is 42.5 Å². The van der Waals surface area contributed by atoms with Gasteiger partial charge in [-0.15, -0.1) is 0 Å². The highest BCUT2D eigenvalue weighted by molar-refractivity contribution is 7.91. The lowest BCUT2D eigenvalue weighted by atomic mass is 10.1. The van der Waals surface area contributed by atoms with Crippen molar-refractivity contribution in [3.63, 3.8) is 0 Å². The molecule has 2 aromatic rings. The number of rotatable bonds is 7. The van der Waals surface area contributed by atoms with Crippen molar-refractivity contribution in [2.75, 3.05) is 23.4 Å². The second kappa shape index (κ2) is 9.73. The van der Waals surface area contributed by atoms with E-state index < -0.39 is 9.84 Å². The Morgan fingerprint density at radius 3 is 2.31 bits per heavy atom. The van der Waals surface area contributed by atoms with Gasteiger partial charge in [-0.05, 0) is 43.5 Å². The average Bonchev–Trinajstić information content (AvgIpc) is 3.43. The molecule has 1 atom stereocenters. The SMILES string of the molecule is O=C(Nc1ccccc1)c1ccccc1OCC(=O)N(C1CCCC1)[C@@H]1CCS(=O)(=O)C1. The van der Waals surface area contributed by atoms with Gasteiger partial charge in [0.2, 0.25) is 0 Å². The number of ether oxygens (including phenoxy) is 1. The van der Waals surface area contributed by atoms with Crippen molar-refractivity contribution < 1.29 is 22.7 Å². The molecule has 2 fully saturated rings. The molecule has 32 heavy (non-hydrogen) atoms. The summed E-state index contributed by atoms with van der Waals surface area (Å²) in [5.74, 6) is -0.0891. The van der Waals surface area contributed by atoms with E-state index in [1.165, 1.54) is 0 Å². The van der Waals surface area contributed by atoms with Gasteiger partial charge in [0.25, 0.3) is 11.8 Å². The van der Waals surface area contributed by atoms with Gasteiger partial charge in [0.1, 0.15) is 5.75 Å². The Morgan fingerprint density at radius 1 is 0.938 bits per heavy atom. The van der Waals surface area contributed by atoms with E-state index in [9.17, 15) is 18.0 Å². The molecule has 2 aromatic carbocycles. The molecule has 8 heteroatoms. The molecule has 7 nitrogen and oxygen atoms in total. The van der Waals surface area contributed by atoms with Gasteiger partial charge in [-0.2, -0.15) is 0 Å². The van der Waals surface area contributed by atoms with Crippen molar-refractivity contribution in [2.45, 2.75) is 44.2 Å². The van der Waals surface area contributed by atoms with Crippen molar-refractivity contribution in [1.82, 2.24) is 4.90 Å². The lowest BCUT2D eigenvalue weighted by molar-refractivity contribution is -0.137. The monoisotopic (exact) mass is 456 g/mol. The lowest BCUT2D eigenvalue weighted by Gasteiger charge is -2.34. The number of carbonyl (C=O) groups excluding carboxylic acids is 2. The van der Waals surface area contributed by atoms with Crippen LogP contribution in [0.4, 0.5) is 5.69 Å². The largest absolute Gasteiger partial charge is 0.483 e. The summed E-state index contributed by atoms with van der Waals surface area (Å²) in [5.41, 5.74) is 0.998. The van der Waals surface area contributed by atoms with E-state index in [0.29, 0.717) is 23.4 Å². The predicted octanol–water partition coefficient (Wildman–Crippen LogP) is 3.28. The van der Waals surface area contributed by atoms with Crippen molar-refractivity contribution >= 4 is 27.3 Å². The summed E-state index contributed by atoms with van der Waals surface area (Å²) in [6.45, 7) is -0.233. The average molecular weight is 457 g/mol. The molecule has 1 aliphatic heterocycles. The minimum atomic E-state index is -3.11. The number of hydrogen-bond donors (Lipinski definition) is 1. The molecule has 2 aliphatic rings. The zero-order chi connectivity index (χ0) is 22.6. The van der Waals surface area contributed by atoms with E-state index >= 15 is 0 Å². The van der Waals surface area contributed by atoms with E-state index in [1.807, 2.05) is 18.2 Å². The fourth-order valence-corrected chi connectivity index (χ4v) is 6.31. The van der Waals surface area contributed by atoms with Crippen molar-refractivity contribution in [3.05, 3.63) is 60.2 Å². The zero-order valence-electron chi connectivity index (χ0n) is 17.9. The van der Waals surface area contributed by atoms with Gasteiger partial charge in [-0.3, -0.25) is 9.59 Å². The number of para-hydroxylation sites is 2. The zero-order valence-corrected chi connectivity index (χ0v) is 18.7. The molecular weight excluding hydrogens is 428 g/mol. The van der Waals surface area contributed by atoms with E-state index in [0.717, 1.165) is 25.7 Å². The van der Waals surface area contributed by atoms with Crippen molar-refractivity contribution in [1.29, 1.82) is 0 Å². The van der Waals surface area contributed by atoms with Gasteiger partial charge < -0.3 is 15.0 Å². The van der Waals surface area contributed by atoms with Crippen LogP contribution in [0.15, 0.2) is 54.6 Å². The smallest absolute Gasteiger partial charge is 0.261 e. The topological polar surface area (TPSA) is 92.8 Å². The first-order valence-electron chi connectivity index (χ1n) is 11.0. The van der Waals surface area contributed by atoms with E-state index in [1.54, 1.807) is 41.3 Å². The third-order valence-electron chi connectivity index (χ3n) is 6.12. The summed E-state index contributed by atoms with van der Waals surface area (Å²) in [6.07, 6.45) is 4.33. The molecule has 1 saturated carbocycles. The molecule has 1 heterocycles. The minimum Gasteiger partial charge on any atom is -0.483 e. The molecule has 0 aromatic heterocycles. The molecule has 0 radical (unpaired) electrons. The van der Waals surface area contributed by atoms with E-state index in [4.69, 9.17) is 4.74 Å². The van der Waals surface area contributed by atoms with Gasteiger partial charge in [0, 0.05) is 17.8 Å². The third kappa shape index (κ3) is 5.30. The number of amides is 2. The van der Waals surface area contributed by atoms with Crippen LogP contribution in [-0.4, -0.2) is 55.3 Å². The highest BCUT2D eigenvalue weighted by Crippen LogP contribution is 2.29. The van der Waals surface area contributed by atoms with E-state index in [2.05, 4.69) is 5.32 Å². The minimum absolute atomic E-state index is 0.0192. The van der Waals surface area contributed by atoms with Crippen LogP contribution < -0.4 is 10.1 Å². The highest BCUT2D eigenvalue weighted by atomic mass is 32.2. The second-order valence-electron chi connectivity index (χ2n) is 8.40. The predicted molar refractivity (Wildman–Crippen MR) is 122 cm³/mol. The Morgan fingerprint density at radius 2 is 1.62 bits per heavy atom. The maximum Gasteiger partial charge on any atom is 0.261 e. The summed E-state index contributed by atoms with van der Waals surface area (Å²) in [7, 11) is -3.11. The summed E-state index contributed by atoms with van der Waals surface area (Å²) < 4.78 is 29.8. The molecule has 0 unspecified atom stereocenters. The number of nitrogens with one attached hydrogen (secondary N) is 1. The fourth-order valence-electron chi connectivity index (χ4n) is 4.60. The first kappa shape index (κ1) is 22.3. The van der Waals surface area contributed by atoms with Crippen LogP contribution in [0.25, 0.3) is 0 Å². The maximum absolute atomic E-state index is 13.2. The molecule has 170 valence electrons. The summed E-state index contributed by atoms with van der Waals surface area (Å²) in [6, 6.07) is 15.7. The van der Waals surface area contributed by atoms with Crippen LogP contribution in [0, 0.1) is 0 Å². The number of anilines is 1. The number of carbonyl (C=O) groups is 2. The Kier molecular flexibility index (Phi) is 6.79. The van der Waals surface area contributed by atoms with Gasteiger partial charge in [-0.1, -0.05) is 43.2 Å². The van der Waals surface area contributed by atoms with Crippen molar-refractivity contribution in [3.8, 4) is 5.75 Å². The molecular formula is C24H28N2O5S. The molecule has 1 saturated heterocycles. The van der Waals surface area contributed by atoms with Crippen LogP contribution >= 0.6 is 0 Å². The fraction of sp³-hybridized carbons (Fsp3) is 0.417. The lowest BCUT2D eigenvalue weighted by Crippen LogP contribution is -2.48. The van der Waals surface area contributed by atoms with E-state index in [-0.39, 0.29) is 42.0 Å². The number of sulfone groups is 1. The Balaban J connectivity index is 1.46. The number of hydrogen-bond acceptors (Lipinski definition) is 5. The van der Waals surface area contributed by atoms with Crippen LogP contribution in [0.2, 0.25) is 0 Å². The quantitative estimate of drug-likeness (QED) is 0.690. The van der Waals surface area contributed by atoms with Gasteiger partial charge in [-0.25, -0.2) is 8.42 Å². The first-order valence-corrected chi connectivity index (χ1v) is 12.8. The van der Waals surface area contributed by atoms with Gasteiger partial charge >= 0.3 is 0 Å². The van der Waals surface area contributed by atoms with Crippen LogP contribution in [0.3, 0.4) is 0 Å². The van der Waals surface area contributed by atoms with Crippen LogP contribution in [-0.2, 0) is 14.6 Å². The summed E-state index contributed by atoms with van der Waals surface area (Å²) in [4.78, 5) is 27.7. The number of benzene rings is 2. The molecule has 2 amide bonds. The highest BCUT2D eigenvalue weighted by Gasteiger charge is 2.39. The van der Waals surface area contributed by atoms with Crippen molar-refractivity contribution in [2.24, 2.45) is 0 Å². The summed E-state index contributed by atoms with van der Waals surface area (Å²) in [5, 5.41) is 2.83. The molecule has 1 aliphatic carbocycles. The second-order valence-corrected chi connectivity index (χ2v) is 10.6. The number of nitrogens with zero attached hydrogens (tertiary/aromatic N) is 1. The standard InChI is InChI=1S/C24H28N2O5S/c27-23(26(19-10-4-5-11-19)20-14-15-32(29,30)17-20)16-31-22-13-7-6-12-21(22)24(28)25-18-8-2-1-3-9-18/h1-3,6-9,12-13,19-20H,4-5,10-11,14-17H2,(H,25,28)/t20-/m1/s1. The molecule has 1 N–H and O–H groups in total. The first-order chi connectivity index (χ1) is 15.4. The van der Waals surface area contributed by atoms with Gasteiger partial charge in [0.05, 0.1) is 17.1 Å². The molecule has 0 spiro atoms. The third-order valence-corrected chi connectivity index (χ3v) is 7.87. The summed E-state index contributed by atoms with van der Waals surface area (Å²) >= 11 is 0. The molecule has 4 rings (SSSR count). The van der Waals surface area contributed by atoms with Crippen LogP contribution in [0.5, 0.6) is 5.75 Å². The normalized spacial score (nSPS) is 20.1. The van der Waals surface area contributed by atoms with Gasteiger partial charge in [0.15, 0.2) is 16.4 Å².